The van der Waals surface area contributed by atoms with Gasteiger partial charge in [0.15, 0.2) is 17.3 Å². The number of anilines is 1. The third-order valence-electron chi connectivity index (χ3n) is 5.23. The summed E-state index contributed by atoms with van der Waals surface area (Å²) in [5.74, 6) is -3.31. The Morgan fingerprint density at radius 3 is 2.45 bits per heavy atom. The highest BCUT2D eigenvalue weighted by Gasteiger charge is 2.29. The van der Waals surface area contributed by atoms with E-state index >= 15 is 0 Å². The Morgan fingerprint density at radius 2 is 1.84 bits per heavy atom. The number of ketones is 1. The van der Waals surface area contributed by atoms with Crippen molar-refractivity contribution >= 4 is 17.4 Å². The molecule has 204 valence electrons. The smallest absolute Gasteiger partial charge is 0.389 e. The molecule has 0 fully saturated rings. The molecule has 1 unspecified atom stereocenters. The summed E-state index contributed by atoms with van der Waals surface area (Å²) in [6, 6.07) is 4.69. The summed E-state index contributed by atoms with van der Waals surface area (Å²) in [4.78, 5) is 23.8. The van der Waals surface area contributed by atoms with Crippen LogP contribution in [0.5, 0.6) is 17.2 Å². The summed E-state index contributed by atoms with van der Waals surface area (Å²) in [7, 11) is 0. The first-order chi connectivity index (χ1) is 17.9. The number of benzene rings is 2. The monoisotopic (exact) mass is 541 g/mol. The quantitative estimate of drug-likeness (QED) is 0.211. The molecule has 2 aromatic carbocycles. The van der Waals surface area contributed by atoms with Crippen molar-refractivity contribution in [2.24, 2.45) is 0 Å². The molecule has 0 radical (unpaired) electrons. The summed E-state index contributed by atoms with van der Waals surface area (Å²) < 4.78 is 63.4. The zero-order valence-corrected chi connectivity index (χ0v) is 20.1. The number of halogens is 4. The largest absolute Gasteiger partial charge is 0.507 e. The predicted molar refractivity (Wildman–Crippen MR) is 123 cm³/mol. The van der Waals surface area contributed by atoms with Gasteiger partial charge in [-0.25, -0.2) is 9.49 Å². The number of aromatic nitrogens is 4. The van der Waals surface area contributed by atoms with Crippen molar-refractivity contribution in [1.82, 2.24) is 20.6 Å². The standard InChI is InChI=1S/C23H23F4N5O6/c1-11-7-16(24)19(8-17(11)28-22(36)21-29-31-32-30-21)38-10-13(34)9-37-18-4-3-14(12(2)33)20(35)15(18)5-6-23(25,26)27/h3-4,7-8,13,34-35H,5-6,9-10H2,1-2H3,(H,28,36)(H,29,30,31,32). The van der Waals surface area contributed by atoms with Gasteiger partial charge in [-0.05, 0) is 54.5 Å². The van der Waals surface area contributed by atoms with Crippen LogP contribution in [0.15, 0.2) is 24.3 Å². The zero-order chi connectivity index (χ0) is 28.0. The number of nitrogens with one attached hydrogen (secondary N) is 2. The molecule has 0 saturated heterocycles. The number of amides is 1. The first kappa shape index (κ1) is 28.3. The van der Waals surface area contributed by atoms with Crippen LogP contribution in [0.25, 0.3) is 0 Å². The Bertz CT molecular complexity index is 1300. The minimum atomic E-state index is -4.52. The zero-order valence-electron chi connectivity index (χ0n) is 20.1. The van der Waals surface area contributed by atoms with E-state index in [1.54, 1.807) is 0 Å². The van der Waals surface area contributed by atoms with E-state index in [2.05, 4.69) is 25.9 Å². The van der Waals surface area contributed by atoms with Crippen molar-refractivity contribution in [3.63, 3.8) is 0 Å². The average molecular weight is 541 g/mol. The van der Waals surface area contributed by atoms with Gasteiger partial charge < -0.3 is 25.0 Å². The van der Waals surface area contributed by atoms with Crippen molar-refractivity contribution in [3.8, 4) is 17.2 Å². The minimum Gasteiger partial charge on any atom is -0.507 e. The molecule has 0 aliphatic heterocycles. The average Bonchev–Trinajstić information content (AvgIpc) is 3.37. The molecule has 15 heteroatoms. The van der Waals surface area contributed by atoms with Gasteiger partial charge in [0.2, 0.25) is 5.82 Å². The third-order valence-corrected chi connectivity index (χ3v) is 5.23. The molecular weight excluding hydrogens is 518 g/mol. The van der Waals surface area contributed by atoms with Crippen LogP contribution in [0, 0.1) is 12.7 Å². The van der Waals surface area contributed by atoms with Crippen molar-refractivity contribution in [2.45, 2.75) is 39.0 Å². The second kappa shape index (κ2) is 11.9. The maximum absolute atomic E-state index is 14.4. The third kappa shape index (κ3) is 7.38. The minimum absolute atomic E-state index is 0.163. The topological polar surface area (TPSA) is 160 Å². The normalized spacial score (nSPS) is 12.2. The number of H-pyrrole nitrogens is 1. The van der Waals surface area contributed by atoms with Gasteiger partial charge in [0.1, 0.15) is 30.8 Å². The molecule has 1 aromatic heterocycles. The maximum Gasteiger partial charge on any atom is 0.389 e. The number of nitrogens with zero attached hydrogens (tertiary/aromatic N) is 3. The fourth-order valence-electron chi connectivity index (χ4n) is 3.30. The van der Waals surface area contributed by atoms with Gasteiger partial charge in [-0.3, -0.25) is 9.59 Å². The first-order valence-corrected chi connectivity index (χ1v) is 11.1. The van der Waals surface area contributed by atoms with Gasteiger partial charge in [-0.1, -0.05) is 0 Å². The fourth-order valence-corrected chi connectivity index (χ4v) is 3.30. The lowest BCUT2D eigenvalue weighted by atomic mass is 10.0. The number of carbonyl (C=O) groups excluding carboxylic acids is 2. The molecule has 0 aliphatic rings. The number of tetrazole rings is 1. The molecule has 0 aliphatic carbocycles. The SMILES string of the molecule is CC(=O)c1ccc(OCC(O)COc2cc(NC(=O)c3nnn[nH]3)c(C)cc2F)c(CCC(F)(F)F)c1O. The number of aromatic hydroxyl groups is 1. The second-order valence-electron chi connectivity index (χ2n) is 8.19. The number of alkyl halides is 3. The second-order valence-corrected chi connectivity index (χ2v) is 8.19. The van der Waals surface area contributed by atoms with Crippen LogP contribution in [0.1, 0.15) is 45.4 Å². The van der Waals surface area contributed by atoms with Gasteiger partial charge >= 0.3 is 6.18 Å². The van der Waals surface area contributed by atoms with Crippen LogP contribution < -0.4 is 14.8 Å². The van der Waals surface area contributed by atoms with Crippen LogP contribution in [-0.2, 0) is 6.42 Å². The highest BCUT2D eigenvalue weighted by Crippen LogP contribution is 2.35. The van der Waals surface area contributed by atoms with Gasteiger partial charge in [0, 0.05) is 23.7 Å². The Kier molecular flexibility index (Phi) is 8.83. The van der Waals surface area contributed by atoms with Gasteiger partial charge in [0.05, 0.1) is 5.56 Å². The van der Waals surface area contributed by atoms with E-state index in [4.69, 9.17) is 9.47 Å². The van der Waals surface area contributed by atoms with Crippen molar-refractivity contribution in [3.05, 3.63) is 52.6 Å². The number of hydrogen-bond acceptors (Lipinski definition) is 9. The number of ether oxygens (including phenoxy) is 2. The first-order valence-electron chi connectivity index (χ1n) is 11.1. The number of phenolic OH excluding ortho intramolecular Hbond substituents is 1. The predicted octanol–water partition coefficient (Wildman–Crippen LogP) is 3.12. The molecule has 3 aromatic rings. The Labute approximate surface area is 212 Å². The van der Waals surface area contributed by atoms with Gasteiger partial charge in [0.25, 0.3) is 5.91 Å². The van der Waals surface area contributed by atoms with Crippen LogP contribution in [0.4, 0.5) is 23.2 Å². The number of aromatic amines is 1. The molecule has 0 spiro atoms. The molecule has 1 heterocycles. The number of rotatable bonds is 11. The molecule has 11 nitrogen and oxygen atoms in total. The Morgan fingerprint density at radius 1 is 1.16 bits per heavy atom. The lowest BCUT2D eigenvalue weighted by Gasteiger charge is -2.18. The molecule has 38 heavy (non-hydrogen) atoms. The van der Waals surface area contributed by atoms with Gasteiger partial charge in [-0.15, -0.1) is 5.10 Å². The summed E-state index contributed by atoms with van der Waals surface area (Å²) in [6.07, 6.45) is -7.83. The van der Waals surface area contributed by atoms with Gasteiger partial charge in [-0.2, -0.15) is 13.2 Å². The van der Waals surface area contributed by atoms with Crippen molar-refractivity contribution in [1.29, 1.82) is 0 Å². The van der Waals surface area contributed by atoms with E-state index in [0.29, 0.717) is 5.56 Å². The molecule has 1 atom stereocenters. The van der Waals surface area contributed by atoms with Crippen LogP contribution in [0.3, 0.4) is 0 Å². The lowest BCUT2D eigenvalue weighted by Crippen LogP contribution is -2.25. The Hall–Kier alpha value is -4.27. The van der Waals surface area contributed by atoms with E-state index < -0.39 is 61.6 Å². The molecule has 4 N–H and O–H groups in total. The summed E-state index contributed by atoms with van der Waals surface area (Å²) in [5.41, 5.74) is 0.134. The van der Waals surface area contributed by atoms with Crippen LogP contribution >= 0.6 is 0 Å². The summed E-state index contributed by atoms with van der Waals surface area (Å²) >= 11 is 0. The molecule has 1 amide bonds. The number of aryl methyl sites for hydroxylation is 1. The molecular formula is C23H23F4N5O6. The van der Waals surface area contributed by atoms with E-state index in [-0.39, 0.29) is 34.1 Å². The molecule has 3 rings (SSSR count). The molecule has 0 bridgehead atoms. The highest BCUT2D eigenvalue weighted by atomic mass is 19.4. The van der Waals surface area contributed by atoms with Crippen LogP contribution in [0.2, 0.25) is 0 Å². The number of aliphatic hydroxyl groups excluding tert-OH is 1. The summed E-state index contributed by atoms with van der Waals surface area (Å²) in [6.45, 7) is 1.70. The fraction of sp³-hybridized carbons (Fsp3) is 0.348. The van der Waals surface area contributed by atoms with Crippen LogP contribution in [-0.4, -0.2) is 68.0 Å². The highest BCUT2D eigenvalue weighted by molar-refractivity contribution is 6.01. The van der Waals surface area contributed by atoms with E-state index in [1.165, 1.54) is 25.1 Å². The number of Topliss-reactive ketones (excluding diaryl/α,β-unsaturated/α-hetero) is 1. The number of aliphatic hydroxyl groups is 1. The summed E-state index contributed by atoms with van der Waals surface area (Å²) in [5, 5.41) is 35.4. The number of phenols is 1. The van der Waals surface area contributed by atoms with Crippen molar-refractivity contribution < 1.29 is 46.8 Å². The lowest BCUT2D eigenvalue weighted by molar-refractivity contribution is -0.134. The van der Waals surface area contributed by atoms with E-state index in [9.17, 15) is 37.4 Å². The van der Waals surface area contributed by atoms with Crippen molar-refractivity contribution in [2.75, 3.05) is 18.5 Å². The Balaban J connectivity index is 1.66. The number of carbonyl (C=O) groups is 2. The maximum atomic E-state index is 14.4. The van der Waals surface area contributed by atoms with E-state index in [0.717, 1.165) is 13.0 Å². The molecule has 0 saturated carbocycles. The number of hydrogen-bond donors (Lipinski definition) is 4. The van der Waals surface area contributed by atoms with E-state index in [1.807, 2.05) is 0 Å².